The topological polar surface area (TPSA) is 3.24 Å². The van der Waals surface area contributed by atoms with Crippen LogP contribution in [0.2, 0.25) is 0 Å². The van der Waals surface area contributed by atoms with E-state index < -0.39 is 0 Å². The van der Waals surface area contributed by atoms with Gasteiger partial charge in [0.05, 0.1) is 0 Å². The number of hydrogen-bond donors (Lipinski definition) is 0. The molecule has 0 saturated heterocycles. The van der Waals surface area contributed by atoms with Gasteiger partial charge in [-0.05, 0) is 37.2 Å². The average molecular weight is 249 g/mol. The van der Waals surface area contributed by atoms with Crippen LogP contribution in [0.4, 0.5) is 0 Å². The molecule has 0 spiro atoms. The largest absolute Gasteiger partial charge is 0.374 e. The summed E-state index contributed by atoms with van der Waals surface area (Å²) < 4.78 is 0. The van der Waals surface area contributed by atoms with Gasteiger partial charge in [0.2, 0.25) is 0 Å². The Kier molecular flexibility index (Phi) is 9.45. The fourth-order valence-electron chi connectivity index (χ4n) is 2.16. The van der Waals surface area contributed by atoms with E-state index in [1.807, 2.05) is 0 Å². The summed E-state index contributed by atoms with van der Waals surface area (Å²) in [6.45, 7) is 14.1. The van der Waals surface area contributed by atoms with Crippen LogP contribution < -0.4 is 0 Å². The fourth-order valence-corrected chi connectivity index (χ4v) is 2.16. The van der Waals surface area contributed by atoms with E-state index >= 15 is 0 Å². The molecule has 0 bridgehead atoms. The molecule has 0 N–H and O–H groups in total. The second-order valence-corrected chi connectivity index (χ2v) is 4.86. The quantitative estimate of drug-likeness (QED) is 0.509. The first-order chi connectivity index (χ1) is 8.60. The van der Waals surface area contributed by atoms with Crippen LogP contribution in [0, 0.1) is 5.92 Å². The van der Waals surface area contributed by atoms with E-state index in [1.54, 1.807) is 0 Å². The van der Waals surface area contributed by atoms with Crippen molar-refractivity contribution in [1.29, 1.82) is 0 Å². The Balaban J connectivity index is 4.59. The van der Waals surface area contributed by atoms with Crippen molar-refractivity contribution in [1.82, 2.24) is 4.90 Å². The maximum absolute atomic E-state index is 4.26. The number of likely N-dealkylation sites (N-methyl/N-ethyl adjacent to an activating group) is 1. The molecule has 0 fully saturated rings. The molecule has 0 saturated carbocycles. The normalized spacial score (nSPS) is 12.4. The number of allylic oxidation sites excluding steroid dienone is 3. The predicted octanol–water partition coefficient (Wildman–Crippen LogP) is 5.17. The lowest BCUT2D eigenvalue weighted by molar-refractivity contribution is 0.371. The molecular formula is C17H31N. The lowest BCUT2D eigenvalue weighted by Gasteiger charge is -2.27. The smallest absolute Gasteiger partial charge is 0.0419 e. The molecule has 0 aliphatic carbocycles. The van der Waals surface area contributed by atoms with Gasteiger partial charge >= 0.3 is 0 Å². The third-order valence-corrected chi connectivity index (χ3v) is 3.40. The van der Waals surface area contributed by atoms with Crippen molar-refractivity contribution in [3.63, 3.8) is 0 Å². The van der Waals surface area contributed by atoms with Crippen LogP contribution in [-0.4, -0.2) is 18.5 Å². The van der Waals surface area contributed by atoms with Crippen LogP contribution in [0.15, 0.2) is 36.1 Å². The molecule has 0 amide bonds. The van der Waals surface area contributed by atoms with Crippen molar-refractivity contribution in [2.75, 3.05) is 13.6 Å². The summed E-state index contributed by atoms with van der Waals surface area (Å²) in [4.78, 5) is 2.30. The van der Waals surface area contributed by atoms with Gasteiger partial charge in [0.1, 0.15) is 0 Å². The summed E-state index contributed by atoms with van der Waals surface area (Å²) in [7, 11) is 2.16. The third-order valence-electron chi connectivity index (χ3n) is 3.40. The number of hydrogen-bond acceptors (Lipinski definition) is 1. The summed E-state index contributed by atoms with van der Waals surface area (Å²) in [5.41, 5.74) is 2.67. The van der Waals surface area contributed by atoms with Gasteiger partial charge < -0.3 is 4.90 Å². The summed E-state index contributed by atoms with van der Waals surface area (Å²) in [6.07, 6.45) is 11.3. The van der Waals surface area contributed by atoms with E-state index in [0.717, 1.165) is 19.4 Å². The van der Waals surface area contributed by atoms with Gasteiger partial charge in [-0.15, -0.1) is 0 Å². The van der Waals surface area contributed by atoms with Gasteiger partial charge in [-0.3, -0.25) is 0 Å². The van der Waals surface area contributed by atoms with Gasteiger partial charge in [-0.25, -0.2) is 0 Å². The first-order valence-corrected chi connectivity index (χ1v) is 7.35. The molecule has 1 heteroatoms. The summed E-state index contributed by atoms with van der Waals surface area (Å²) in [5.74, 6) is 0.619. The van der Waals surface area contributed by atoms with E-state index in [4.69, 9.17) is 0 Å². The maximum Gasteiger partial charge on any atom is 0.0419 e. The first kappa shape index (κ1) is 17.0. The summed E-state index contributed by atoms with van der Waals surface area (Å²) in [6, 6.07) is 0. The average Bonchev–Trinajstić information content (AvgIpc) is 2.37. The highest BCUT2D eigenvalue weighted by Crippen LogP contribution is 2.20. The molecule has 18 heavy (non-hydrogen) atoms. The second-order valence-electron chi connectivity index (χ2n) is 4.86. The Labute approximate surface area is 114 Å². The Hall–Kier alpha value is -0.980. The van der Waals surface area contributed by atoms with Gasteiger partial charge in [0.25, 0.3) is 0 Å². The van der Waals surface area contributed by atoms with E-state index in [-0.39, 0.29) is 0 Å². The van der Waals surface area contributed by atoms with E-state index in [0.29, 0.717) is 5.92 Å². The lowest BCUT2D eigenvalue weighted by atomic mass is 9.99. The molecule has 0 rings (SSSR count). The van der Waals surface area contributed by atoms with Crippen LogP contribution in [0.3, 0.4) is 0 Å². The number of rotatable bonds is 9. The van der Waals surface area contributed by atoms with Crippen molar-refractivity contribution in [3.8, 4) is 0 Å². The highest BCUT2D eigenvalue weighted by molar-refractivity contribution is 5.21. The zero-order chi connectivity index (χ0) is 14.0. The Morgan fingerprint density at radius 1 is 1.11 bits per heavy atom. The van der Waals surface area contributed by atoms with Gasteiger partial charge in [0.15, 0.2) is 0 Å². The lowest BCUT2D eigenvalue weighted by Crippen LogP contribution is -2.24. The molecule has 0 aliphatic heterocycles. The predicted molar refractivity (Wildman–Crippen MR) is 83.6 cm³/mol. The number of nitrogens with zero attached hydrogens (tertiary/aromatic N) is 1. The van der Waals surface area contributed by atoms with Gasteiger partial charge in [-0.1, -0.05) is 52.5 Å². The maximum atomic E-state index is 4.26. The van der Waals surface area contributed by atoms with Crippen molar-refractivity contribution >= 4 is 0 Å². The standard InChI is InChI=1S/C17H31N/c1-7-11-13-16(12-8-2)14-18(6)15(5)17(9-3)10-4/h11-13,17H,5,7-10,14H2,1-4,6H3/b13-11-,16-12+. The molecule has 0 radical (unpaired) electrons. The summed E-state index contributed by atoms with van der Waals surface area (Å²) in [5, 5.41) is 0. The molecule has 0 heterocycles. The molecule has 0 aliphatic rings. The fraction of sp³-hybridized carbons (Fsp3) is 0.647. The van der Waals surface area contributed by atoms with Crippen molar-refractivity contribution in [2.24, 2.45) is 5.92 Å². The zero-order valence-corrected chi connectivity index (χ0v) is 13.0. The Bertz CT molecular complexity index is 282. The second kappa shape index (κ2) is 9.99. The highest BCUT2D eigenvalue weighted by atomic mass is 15.1. The van der Waals surface area contributed by atoms with Crippen LogP contribution in [0.5, 0.6) is 0 Å². The highest BCUT2D eigenvalue weighted by Gasteiger charge is 2.12. The minimum absolute atomic E-state index is 0.619. The Morgan fingerprint density at radius 2 is 1.72 bits per heavy atom. The SMILES string of the molecule is C=C(C(CC)CC)N(C)CC(/C=C\CC)=C/CC. The van der Waals surface area contributed by atoms with Crippen LogP contribution in [-0.2, 0) is 0 Å². The van der Waals surface area contributed by atoms with E-state index in [1.165, 1.54) is 24.1 Å². The molecule has 1 nitrogen and oxygen atoms in total. The monoisotopic (exact) mass is 249 g/mol. The van der Waals surface area contributed by atoms with Crippen molar-refractivity contribution < 1.29 is 0 Å². The van der Waals surface area contributed by atoms with E-state index in [2.05, 4.69) is 64.4 Å². The van der Waals surface area contributed by atoms with Crippen LogP contribution in [0.25, 0.3) is 0 Å². The zero-order valence-electron chi connectivity index (χ0n) is 13.0. The first-order valence-electron chi connectivity index (χ1n) is 7.35. The molecule has 0 aromatic carbocycles. The third kappa shape index (κ3) is 6.09. The van der Waals surface area contributed by atoms with Crippen molar-refractivity contribution in [3.05, 3.63) is 36.1 Å². The molecular weight excluding hydrogens is 218 g/mol. The molecule has 0 aromatic heterocycles. The van der Waals surface area contributed by atoms with Crippen molar-refractivity contribution in [2.45, 2.75) is 53.4 Å². The van der Waals surface area contributed by atoms with Gasteiger partial charge in [0, 0.05) is 19.3 Å². The molecule has 0 unspecified atom stereocenters. The minimum atomic E-state index is 0.619. The van der Waals surface area contributed by atoms with Crippen LogP contribution >= 0.6 is 0 Å². The molecule has 0 atom stereocenters. The van der Waals surface area contributed by atoms with E-state index in [9.17, 15) is 0 Å². The van der Waals surface area contributed by atoms with Gasteiger partial charge in [-0.2, -0.15) is 0 Å². The Morgan fingerprint density at radius 3 is 2.17 bits per heavy atom. The summed E-state index contributed by atoms with van der Waals surface area (Å²) >= 11 is 0. The van der Waals surface area contributed by atoms with Crippen LogP contribution in [0.1, 0.15) is 53.4 Å². The minimum Gasteiger partial charge on any atom is -0.374 e. The molecule has 104 valence electrons. The molecule has 0 aromatic rings.